The smallest absolute Gasteiger partial charge is 0.193 e. The minimum atomic E-state index is -0.254. The van der Waals surface area contributed by atoms with Crippen LogP contribution < -0.4 is 5.73 Å². The van der Waals surface area contributed by atoms with Crippen LogP contribution >= 0.6 is 11.3 Å². The summed E-state index contributed by atoms with van der Waals surface area (Å²) < 4.78 is 1.94. The lowest BCUT2D eigenvalue weighted by atomic mass is 9.92. The van der Waals surface area contributed by atoms with Crippen LogP contribution in [-0.2, 0) is 11.2 Å². The van der Waals surface area contributed by atoms with E-state index < -0.39 is 0 Å². The van der Waals surface area contributed by atoms with Crippen molar-refractivity contribution in [2.45, 2.75) is 12.3 Å². The van der Waals surface area contributed by atoms with E-state index in [0.717, 1.165) is 16.2 Å². The van der Waals surface area contributed by atoms with Crippen LogP contribution in [0.25, 0.3) is 4.96 Å². The van der Waals surface area contributed by atoms with E-state index in [0.29, 0.717) is 13.0 Å². The van der Waals surface area contributed by atoms with Crippen molar-refractivity contribution in [3.05, 3.63) is 59.4 Å². The van der Waals surface area contributed by atoms with E-state index in [4.69, 9.17) is 5.73 Å². The Bertz CT molecular complexity index is 688. The van der Waals surface area contributed by atoms with Gasteiger partial charge in [0.25, 0.3) is 0 Å². The first-order valence-electron chi connectivity index (χ1n) is 6.46. The molecule has 0 spiro atoms. The molecule has 102 valence electrons. The molecule has 1 unspecified atom stereocenters. The normalized spacial score (nSPS) is 12.7. The molecule has 20 heavy (non-hydrogen) atoms. The summed E-state index contributed by atoms with van der Waals surface area (Å²) in [5.41, 5.74) is 7.55. The fourth-order valence-electron chi connectivity index (χ4n) is 2.30. The van der Waals surface area contributed by atoms with Crippen molar-refractivity contribution in [1.82, 2.24) is 9.38 Å². The first-order valence-corrected chi connectivity index (χ1v) is 7.34. The number of thiazole rings is 1. The number of carbonyl (C=O) groups excluding carboxylic acids is 1. The molecule has 0 saturated heterocycles. The number of hydrogen-bond donors (Lipinski definition) is 1. The van der Waals surface area contributed by atoms with E-state index >= 15 is 0 Å². The second-order valence-corrected chi connectivity index (χ2v) is 5.54. The molecule has 0 saturated carbocycles. The molecular formula is C15H15N3OS. The van der Waals surface area contributed by atoms with Gasteiger partial charge < -0.3 is 5.73 Å². The first-order chi connectivity index (χ1) is 9.78. The monoisotopic (exact) mass is 285 g/mol. The van der Waals surface area contributed by atoms with Gasteiger partial charge in [0, 0.05) is 24.3 Å². The maximum atomic E-state index is 12.4. The molecule has 0 fully saturated rings. The third-order valence-corrected chi connectivity index (χ3v) is 4.10. The molecule has 2 aromatic heterocycles. The topological polar surface area (TPSA) is 60.4 Å². The largest absolute Gasteiger partial charge is 0.329 e. The second-order valence-electron chi connectivity index (χ2n) is 4.67. The maximum Gasteiger partial charge on any atom is 0.193 e. The summed E-state index contributed by atoms with van der Waals surface area (Å²) >= 11 is 1.56. The lowest BCUT2D eigenvalue weighted by Gasteiger charge is -2.13. The van der Waals surface area contributed by atoms with Gasteiger partial charge in [-0.05, 0) is 5.56 Å². The Kier molecular flexibility index (Phi) is 3.62. The van der Waals surface area contributed by atoms with Crippen LogP contribution in [0.15, 0.2) is 48.1 Å². The first kappa shape index (κ1) is 13.0. The number of imidazole rings is 1. The quantitative estimate of drug-likeness (QED) is 0.782. The molecule has 4 nitrogen and oxygen atoms in total. The molecule has 0 aliphatic carbocycles. The molecule has 0 radical (unpaired) electrons. The van der Waals surface area contributed by atoms with Crippen LogP contribution in [-0.4, -0.2) is 21.7 Å². The number of benzene rings is 1. The molecule has 3 rings (SSSR count). The van der Waals surface area contributed by atoms with E-state index in [1.807, 2.05) is 52.5 Å². The van der Waals surface area contributed by atoms with E-state index in [9.17, 15) is 4.79 Å². The van der Waals surface area contributed by atoms with Gasteiger partial charge in [0.2, 0.25) is 0 Å². The highest BCUT2D eigenvalue weighted by Crippen LogP contribution is 2.18. The molecule has 3 aromatic rings. The number of nitrogens with two attached hydrogens (primary N) is 1. The highest BCUT2D eigenvalue weighted by molar-refractivity contribution is 7.15. The number of nitrogens with zero attached hydrogens (tertiary/aromatic N) is 2. The zero-order valence-electron chi connectivity index (χ0n) is 10.9. The van der Waals surface area contributed by atoms with Crippen molar-refractivity contribution in [1.29, 1.82) is 0 Å². The lowest BCUT2D eigenvalue weighted by molar-refractivity contribution is -0.119. The van der Waals surface area contributed by atoms with Crippen LogP contribution in [0.1, 0.15) is 17.2 Å². The number of aromatic nitrogens is 2. The Labute approximate surface area is 120 Å². The highest BCUT2D eigenvalue weighted by atomic mass is 32.1. The fraction of sp³-hybridized carbons (Fsp3) is 0.200. The molecule has 5 heteroatoms. The Balaban J connectivity index is 1.79. The number of ketones is 1. The van der Waals surface area contributed by atoms with Gasteiger partial charge in [0.1, 0.15) is 5.78 Å². The van der Waals surface area contributed by atoms with Crippen LogP contribution in [0.2, 0.25) is 0 Å². The van der Waals surface area contributed by atoms with E-state index in [1.54, 1.807) is 11.3 Å². The minimum absolute atomic E-state index is 0.115. The average Bonchev–Trinajstić information content (AvgIpc) is 3.01. The van der Waals surface area contributed by atoms with Gasteiger partial charge in [-0.3, -0.25) is 9.20 Å². The molecule has 0 amide bonds. The second kappa shape index (κ2) is 5.56. The van der Waals surface area contributed by atoms with Gasteiger partial charge in [-0.2, -0.15) is 0 Å². The molecular weight excluding hydrogens is 270 g/mol. The number of Topliss-reactive ketones (excluding diaryl/α,β-unsaturated/α-hetero) is 1. The standard InChI is InChI=1S/C15H15N3OS/c16-9-13(11-4-2-1-3-5-11)14(19)8-12-10-18-6-7-20-15(18)17-12/h1-7,10,13H,8-9,16H2. The summed E-state index contributed by atoms with van der Waals surface area (Å²) in [4.78, 5) is 17.8. The molecule has 0 aliphatic rings. The summed E-state index contributed by atoms with van der Waals surface area (Å²) in [7, 11) is 0. The van der Waals surface area contributed by atoms with Crippen molar-refractivity contribution >= 4 is 22.1 Å². The van der Waals surface area contributed by atoms with Crippen LogP contribution in [0, 0.1) is 0 Å². The summed E-state index contributed by atoms with van der Waals surface area (Å²) in [6, 6.07) is 9.68. The van der Waals surface area contributed by atoms with Crippen molar-refractivity contribution in [2.24, 2.45) is 5.73 Å². The molecule has 2 N–H and O–H groups in total. The number of carbonyl (C=O) groups is 1. The van der Waals surface area contributed by atoms with Crippen LogP contribution in [0.5, 0.6) is 0 Å². The van der Waals surface area contributed by atoms with Gasteiger partial charge in [-0.25, -0.2) is 4.98 Å². The summed E-state index contributed by atoms with van der Waals surface area (Å²) in [6.07, 6.45) is 4.17. The van der Waals surface area contributed by atoms with E-state index in [2.05, 4.69) is 4.98 Å². The Hall–Kier alpha value is -1.98. The van der Waals surface area contributed by atoms with Crippen molar-refractivity contribution in [3.8, 4) is 0 Å². The highest BCUT2D eigenvalue weighted by Gasteiger charge is 2.20. The average molecular weight is 285 g/mol. The third kappa shape index (κ3) is 2.50. The molecule has 0 bridgehead atoms. The van der Waals surface area contributed by atoms with Crippen LogP contribution in [0.3, 0.4) is 0 Å². The van der Waals surface area contributed by atoms with Crippen LogP contribution in [0.4, 0.5) is 0 Å². The number of rotatable bonds is 5. The Morgan fingerprint density at radius 1 is 1.35 bits per heavy atom. The minimum Gasteiger partial charge on any atom is -0.329 e. The zero-order chi connectivity index (χ0) is 13.9. The summed E-state index contributed by atoms with van der Waals surface area (Å²) in [6.45, 7) is 0.324. The van der Waals surface area contributed by atoms with Crippen molar-refractivity contribution < 1.29 is 4.79 Å². The van der Waals surface area contributed by atoms with Crippen molar-refractivity contribution in [2.75, 3.05) is 6.54 Å². The third-order valence-electron chi connectivity index (χ3n) is 3.32. The van der Waals surface area contributed by atoms with Gasteiger partial charge >= 0.3 is 0 Å². The number of fused-ring (bicyclic) bond motifs is 1. The SMILES string of the molecule is NCC(C(=O)Cc1cn2ccsc2n1)c1ccccc1. The Morgan fingerprint density at radius 3 is 2.85 bits per heavy atom. The van der Waals surface area contributed by atoms with Gasteiger partial charge in [0.15, 0.2) is 4.96 Å². The van der Waals surface area contributed by atoms with Crippen molar-refractivity contribution in [3.63, 3.8) is 0 Å². The molecule has 1 aromatic carbocycles. The molecule has 0 aliphatic heterocycles. The zero-order valence-corrected chi connectivity index (χ0v) is 11.7. The van der Waals surface area contributed by atoms with E-state index in [1.165, 1.54) is 0 Å². The maximum absolute atomic E-state index is 12.4. The van der Waals surface area contributed by atoms with Gasteiger partial charge in [-0.15, -0.1) is 11.3 Å². The van der Waals surface area contributed by atoms with Gasteiger partial charge in [-0.1, -0.05) is 30.3 Å². The predicted molar refractivity (Wildman–Crippen MR) is 80.0 cm³/mol. The summed E-state index contributed by atoms with van der Waals surface area (Å²) in [5.74, 6) is -0.139. The molecule has 1 atom stereocenters. The fourth-order valence-corrected chi connectivity index (χ4v) is 3.02. The number of hydrogen-bond acceptors (Lipinski definition) is 4. The Morgan fingerprint density at radius 2 is 2.15 bits per heavy atom. The lowest BCUT2D eigenvalue weighted by Crippen LogP contribution is -2.23. The van der Waals surface area contributed by atoms with E-state index in [-0.39, 0.29) is 11.7 Å². The summed E-state index contributed by atoms with van der Waals surface area (Å²) in [5, 5.41) is 1.97. The van der Waals surface area contributed by atoms with Gasteiger partial charge in [0.05, 0.1) is 18.0 Å². The predicted octanol–water partition coefficient (Wildman–Crippen LogP) is 2.25. The molecule has 2 heterocycles.